The Balaban J connectivity index is 1.66. The van der Waals surface area contributed by atoms with Crippen LogP contribution in [0.15, 0.2) is 90.5 Å². The summed E-state index contributed by atoms with van der Waals surface area (Å²) in [5.41, 5.74) is 2.63. The summed E-state index contributed by atoms with van der Waals surface area (Å²) in [6.07, 6.45) is 2.05. The van der Waals surface area contributed by atoms with Crippen molar-refractivity contribution in [2.45, 2.75) is 6.42 Å². The Hall–Kier alpha value is -3.93. The second-order valence-electron chi connectivity index (χ2n) is 8.07. The Morgan fingerprint density at radius 1 is 0.800 bits per heavy atom. The molecule has 35 heavy (non-hydrogen) atoms. The largest absolute Gasteiger partial charge is 0.335 e. The highest BCUT2D eigenvalue weighted by molar-refractivity contribution is 6.39. The van der Waals surface area contributed by atoms with E-state index in [1.165, 1.54) is 6.07 Å². The van der Waals surface area contributed by atoms with Gasteiger partial charge < -0.3 is 0 Å². The molecule has 1 saturated heterocycles. The fourth-order valence-corrected chi connectivity index (χ4v) is 4.55. The predicted molar refractivity (Wildman–Crippen MR) is 139 cm³/mol. The molecule has 0 atom stereocenters. The monoisotopic (exact) mass is 500 g/mol. The second-order valence-corrected chi connectivity index (χ2v) is 8.91. The van der Waals surface area contributed by atoms with Gasteiger partial charge in [-0.25, -0.2) is 9.69 Å². The summed E-state index contributed by atoms with van der Waals surface area (Å²) in [5.74, 6) is -1.48. The Kier molecular flexibility index (Phi) is 6.12. The van der Waals surface area contributed by atoms with Crippen molar-refractivity contribution in [3.8, 4) is 0 Å². The SMILES string of the molecule is O=C1NC(=O)N(c2cccc(Cl)c2)C(=O)/C1=C/c1c(Cc2ccccc2Cl)ccc2ccccc12. The number of amides is 4. The van der Waals surface area contributed by atoms with E-state index in [0.717, 1.165) is 26.8 Å². The van der Waals surface area contributed by atoms with E-state index in [-0.39, 0.29) is 11.3 Å². The van der Waals surface area contributed by atoms with Crippen LogP contribution in [0.2, 0.25) is 10.0 Å². The number of carbonyl (C=O) groups excluding carboxylic acids is 3. The van der Waals surface area contributed by atoms with Gasteiger partial charge in [0.05, 0.1) is 5.69 Å². The fraction of sp³-hybridized carbons (Fsp3) is 0.0357. The summed E-state index contributed by atoms with van der Waals surface area (Å²) >= 11 is 12.5. The number of nitrogens with zero attached hydrogens (tertiary/aromatic N) is 1. The molecular formula is C28H18Cl2N2O3. The summed E-state index contributed by atoms with van der Waals surface area (Å²) in [6, 6.07) is 24.7. The van der Waals surface area contributed by atoms with Crippen molar-refractivity contribution >= 4 is 63.6 Å². The lowest BCUT2D eigenvalue weighted by Gasteiger charge is -2.26. The number of benzene rings is 4. The number of hydrogen-bond donors (Lipinski definition) is 1. The molecule has 1 aliphatic rings. The Morgan fingerprint density at radius 3 is 2.37 bits per heavy atom. The standard InChI is InChI=1S/C28H18Cl2N2O3/c29-20-8-5-9-21(15-20)32-27(34)24(26(33)31-28(32)35)16-23-18(14-19-7-2-4-11-25(19)30)13-12-17-6-1-3-10-22(17)23/h1-13,15-16H,14H2,(H,31,33,35)/b24-16+. The summed E-state index contributed by atoms with van der Waals surface area (Å²) < 4.78 is 0. The molecule has 0 spiro atoms. The van der Waals surface area contributed by atoms with Crippen molar-refractivity contribution in [2.75, 3.05) is 4.90 Å². The number of anilines is 1. The van der Waals surface area contributed by atoms with Crippen LogP contribution in [-0.2, 0) is 16.0 Å². The zero-order chi connectivity index (χ0) is 24.5. The zero-order valence-corrected chi connectivity index (χ0v) is 19.8. The lowest BCUT2D eigenvalue weighted by molar-refractivity contribution is -0.122. The molecule has 1 heterocycles. The van der Waals surface area contributed by atoms with E-state index in [1.807, 2.05) is 60.7 Å². The van der Waals surface area contributed by atoms with Crippen LogP contribution in [0.1, 0.15) is 16.7 Å². The number of hydrogen-bond acceptors (Lipinski definition) is 3. The molecule has 0 aliphatic carbocycles. The molecule has 172 valence electrons. The van der Waals surface area contributed by atoms with Gasteiger partial charge in [-0.2, -0.15) is 0 Å². The molecule has 0 radical (unpaired) electrons. The molecule has 0 saturated carbocycles. The van der Waals surface area contributed by atoms with Gasteiger partial charge in [-0.05, 0) is 64.2 Å². The van der Waals surface area contributed by atoms with Crippen LogP contribution in [-0.4, -0.2) is 17.8 Å². The van der Waals surface area contributed by atoms with E-state index >= 15 is 0 Å². The topological polar surface area (TPSA) is 66.5 Å². The highest BCUT2D eigenvalue weighted by Crippen LogP contribution is 2.30. The number of carbonyl (C=O) groups is 3. The maximum atomic E-state index is 13.4. The minimum Gasteiger partial charge on any atom is -0.273 e. The van der Waals surface area contributed by atoms with Gasteiger partial charge in [-0.3, -0.25) is 14.9 Å². The van der Waals surface area contributed by atoms with Gasteiger partial charge in [-0.15, -0.1) is 0 Å². The second kappa shape index (κ2) is 9.37. The fourth-order valence-electron chi connectivity index (χ4n) is 4.16. The lowest BCUT2D eigenvalue weighted by atomic mass is 9.92. The molecule has 4 aromatic carbocycles. The van der Waals surface area contributed by atoms with Crippen molar-refractivity contribution in [1.82, 2.24) is 5.32 Å². The normalized spacial score (nSPS) is 15.1. The number of nitrogens with one attached hydrogen (secondary N) is 1. The van der Waals surface area contributed by atoms with Gasteiger partial charge in [0, 0.05) is 10.0 Å². The third-order valence-electron chi connectivity index (χ3n) is 5.86. The third kappa shape index (κ3) is 4.44. The number of imide groups is 2. The van der Waals surface area contributed by atoms with Crippen molar-refractivity contribution in [1.29, 1.82) is 0 Å². The first kappa shape index (κ1) is 22.8. The first-order chi connectivity index (χ1) is 16.9. The van der Waals surface area contributed by atoms with Crippen LogP contribution in [0, 0.1) is 0 Å². The summed E-state index contributed by atoms with van der Waals surface area (Å²) in [4.78, 5) is 39.7. The van der Waals surface area contributed by atoms with E-state index in [2.05, 4.69) is 5.32 Å². The van der Waals surface area contributed by atoms with Crippen molar-refractivity contribution in [2.24, 2.45) is 0 Å². The van der Waals surface area contributed by atoms with E-state index < -0.39 is 17.8 Å². The van der Waals surface area contributed by atoms with Crippen molar-refractivity contribution in [3.63, 3.8) is 0 Å². The maximum Gasteiger partial charge on any atom is 0.335 e. The molecule has 1 aliphatic heterocycles. The van der Waals surface area contributed by atoms with Crippen LogP contribution in [0.5, 0.6) is 0 Å². The van der Waals surface area contributed by atoms with Gasteiger partial charge in [0.15, 0.2) is 0 Å². The molecule has 0 bridgehead atoms. The predicted octanol–water partition coefficient (Wildman–Crippen LogP) is 6.40. The number of halogens is 2. The van der Waals surface area contributed by atoms with Gasteiger partial charge in [-0.1, -0.05) is 83.9 Å². The van der Waals surface area contributed by atoms with Gasteiger partial charge in [0.25, 0.3) is 11.8 Å². The first-order valence-corrected chi connectivity index (χ1v) is 11.6. The summed E-state index contributed by atoms with van der Waals surface area (Å²) in [5, 5.41) is 5.08. The van der Waals surface area contributed by atoms with E-state index in [9.17, 15) is 14.4 Å². The maximum absolute atomic E-state index is 13.4. The number of urea groups is 1. The lowest BCUT2D eigenvalue weighted by Crippen LogP contribution is -2.54. The van der Waals surface area contributed by atoms with Crippen LogP contribution in [0.3, 0.4) is 0 Å². The Bertz CT molecular complexity index is 1540. The highest BCUT2D eigenvalue weighted by atomic mass is 35.5. The van der Waals surface area contributed by atoms with Gasteiger partial charge in [0.1, 0.15) is 5.57 Å². The van der Waals surface area contributed by atoms with Gasteiger partial charge >= 0.3 is 6.03 Å². The first-order valence-electron chi connectivity index (χ1n) is 10.8. The average molecular weight is 501 g/mol. The highest BCUT2D eigenvalue weighted by Gasteiger charge is 2.37. The number of barbiturate groups is 1. The smallest absolute Gasteiger partial charge is 0.273 e. The molecule has 4 aromatic rings. The molecule has 1 fully saturated rings. The number of fused-ring (bicyclic) bond motifs is 1. The van der Waals surface area contributed by atoms with E-state index in [0.29, 0.717) is 22.0 Å². The molecule has 4 amide bonds. The number of rotatable bonds is 4. The van der Waals surface area contributed by atoms with E-state index in [1.54, 1.807) is 24.3 Å². The summed E-state index contributed by atoms with van der Waals surface area (Å²) in [6.45, 7) is 0. The molecule has 1 N–H and O–H groups in total. The van der Waals surface area contributed by atoms with Crippen molar-refractivity contribution < 1.29 is 14.4 Å². The van der Waals surface area contributed by atoms with Crippen LogP contribution in [0.4, 0.5) is 10.5 Å². The molecule has 5 nitrogen and oxygen atoms in total. The average Bonchev–Trinajstić information content (AvgIpc) is 2.84. The van der Waals surface area contributed by atoms with E-state index in [4.69, 9.17) is 23.2 Å². The minimum absolute atomic E-state index is 0.152. The van der Waals surface area contributed by atoms with Crippen LogP contribution < -0.4 is 10.2 Å². The molecule has 0 aromatic heterocycles. The summed E-state index contributed by atoms with van der Waals surface area (Å²) in [7, 11) is 0. The molecule has 7 heteroatoms. The minimum atomic E-state index is -0.825. The van der Waals surface area contributed by atoms with Crippen LogP contribution in [0.25, 0.3) is 16.8 Å². The van der Waals surface area contributed by atoms with Crippen LogP contribution >= 0.6 is 23.2 Å². The molecule has 5 rings (SSSR count). The third-order valence-corrected chi connectivity index (χ3v) is 6.46. The quantitative estimate of drug-likeness (QED) is 0.260. The molecule has 0 unspecified atom stereocenters. The Labute approximate surface area is 211 Å². The zero-order valence-electron chi connectivity index (χ0n) is 18.3. The van der Waals surface area contributed by atoms with Gasteiger partial charge in [0.2, 0.25) is 0 Å². The Morgan fingerprint density at radius 2 is 1.57 bits per heavy atom. The van der Waals surface area contributed by atoms with Crippen molar-refractivity contribution in [3.05, 3.63) is 117 Å². The molecular weight excluding hydrogens is 483 g/mol.